The summed E-state index contributed by atoms with van der Waals surface area (Å²) in [5.74, 6) is -1.46. The Morgan fingerprint density at radius 1 is 1.24 bits per heavy atom. The Balaban J connectivity index is 1.60. The number of hydrogen-bond acceptors (Lipinski definition) is 6. The van der Waals surface area contributed by atoms with E-state index in [1.165, 1.54) is 6.20 Å². The zero-order valence-electron chi connectivity index (χ0n) is 19.2. The molecule has 0 saturated heterocycles. The van der Waals surface area contributed by atoms with Gasteiger partial charge in [0.2, 0.25) is 11.9 Å². The summed E-state index contributed by atoms with van der Waals surface area (Å²) in [6.07, 6.45) is 0.959. The van der Waals surface area contributed by atoms with E-state index < -0.39 is 12.1 Å². The number of anilines is 1. The lowest BCUT2D eigenvalue weighted by Crippen LogP contribution is -2.35. The van der Waals surface area contributed by atoms with E-state index in [9.17, 15) is 18.0 Å². The summed E-state index contributed by atoms with van der Waals surface area (Å²) in [5.41, 5.74) is 9.62. The molecule has 4 N–H and O–H groups in total. The van der Waals surface area contributed by atoms with Crippen molar-refractivity contribution in [2.45, 2.75) is 45.3 Å². The van der Waals surface area contributed by atoms with E-state index in [-0.39, 0.29) is 37.5 Å². The number of alkyl halides is 3. The predicted molar refractivity (Wildman–Crippen MR) is 126 cm³/mol. The molecule has 3 rings (SSSR count). The standard InChI is InChI=1S/C24H29F3N6O/c1-15-11-17(21-9-10-30-23(33-21)32-20(12-28)14-29-2)3-4-18(15)13-31-22(34)16-5-7-19(8-6-16)24(25,26)27/h3-4,9-12,14,16,19H,5-8,13,28H2,1-2H3,(H,31,34)(H,30,32,33). The van der Waals surface area contributed by atoms with Crippen LogP contribution >= 0.6 is 0 Å². The van der Waals surface area contributed by atoms with E-state index in [1.807, 2.05) is 25.1 Å². The maximum absolute atomic E-state index is 12.8. The van der Waals surface area contributed by atoms with Gasteiger partial charge in [0.15, 0.2) is 0 Å². The van der Waals surface area contributed by atoms with Gasteiger partial charge in [-0.2, -0.15) is 13.2 Å². The molecule has 0 spiro atoms. The van der Waals surface area contributed by atoms with Crippen LogP contribution in [-0.4, -0.2) is 35.3 Å². The smallest absolute Gasteiger partial charge is 0.391 e. The number of amides is 1. The number of hydrogen-bond donors (Lipinski definition) is 3. The summed E-state index contributed by atoms with van der Waals surface area (Å²) in [4.78, 5) is 25.1. The number of aromatic nitrogens is 2. The highest BCUT2D eigenvalue weighted by molar-refractivity contribution is 5.82. The molecule has 0 bridgehead atoms. The number of aliphatic imine (C=N–C) groups is 1. The Hall–Kier alpha value is -3.43. The number of carbonyl (C=O) groups is 1. The molecule has 1 heterocycles. The summed E-state index contributed by atoms with van der Waals surface area (Å²) in [6, 6.07) is 7.58. The first-order chi connectivity index (χ1) is 16.2. The molecule has 10 heteroatoms. The first-order valence-electron chi connectivity index (χ1n) is 11.1. The molecule has 7 nitrogen and oxygen atoms in total. The largest absolute Gasteiger partial charge is 0.403 e. The van der Waals surface area contributed by atoms with Gasteiger partial charge in [-0.25, -0.2) is 9.97 Å². The Morgan fingerprint density at radius 3 is 2.59 bits per heavy atom. The number of rotatable bonds is 7. The summed E-state index contributed by atoms with van der Waals surface area (Å²) in [7, 11) is 1.63. The Labute approximate surface area is 196 Å². The average Bonchev–Trinajstić information content (AvgIpc) is 2.82. The molecule has 1 aliphatic carbocycles. The van der Waals surface area contributed by atoms with Gasteiger partial charge in [0, 0.05) is 43.7 Å². The fourth-order valence-electron chi connectivity index (χ4n) is 4.03. The molecule has 2 aromatic rings. The van der Waals surface area contributed by atoms with Crippen LogP contribution in [0.4, 0.5) is 19.1 Å². The maximum atomic E-state index is 12.8. The van der Waals surface area contributed by atoms with E-state index in [0.29, 0.717) is 23.9 Å². The molecule has 1 aliphatic rings. The van der Waals surface area contributed by atoms with E-state index in [4.69, 9.17) is 5.73 Å². The third-order valence-electron chi connectivity index (χ3n) is 6.01. The Morgan fingerprint density at radius 2 is 1.97 bits per heavy atom. The van der Waals surface area contributed by atoms with Crippen molar-refractivity contribution in [2.24, 2.45) is 22.6 Å². The van der Waals surface area contributed by atoms with Gasteiger partial charge in [-0.05, 0) is 55.9 Å². The number of nitrogens with one attached hydrogen (secondary N) is 2. The molecule has 0 unspecified atom stereocenters. The predicted octanol–water partition coefficient (Wildman–Crippen LogP) is 4.35. The van der Waals surface area contributed by atoms with Crippen LogP contribution in [0.1, 0.15) is 36.8 Å². The molecular formula is C24H29F3N6O. The van der Waals surface area contributed by atoms with Crippen LogP contribution in [0.2, 0.25) is 0 Å². The molecule has 1 amide bonds. The second-order valence-corrected chi connectivity index (χ2v) is 8.35. The number of benzene rings is 1. The van der Waals surface area contributed by atoms with Gasteiger partial charge < -0.3 is 16.4 Å². The van der Waals surface area contributed by atoms with E-state index >= 15 is 0 Å². The van der Waals surface area contributed by atoms with Crippen LogP contribution in [0.15, 0.2) is 47.4 Å². The van der Waals surface area contributed by atoms with Crippen molar-refractivity contribution in [3.63, 3.8) is 0 Å². The summed E-state index contributed by atoms with van der Waals surface area (Å²) >= 11 is 0. The van der Waals surface area contributed by atoms with Gasteiger partial charge in [0.1, 0.15) is 0 Å². The normalized spacial score (nSPS) is 19.3. The van der Waals surface area contributed by atoms with Crippen LogP contribution in [0, 0.1) is 18.8 Å². The fraction of sp³-hybridized carbons (Fsp3) is 0.417. The third-order valence-corrected chi connectivity index (χ3v) is 6.01. The van der Waals surface area contributed by atoms with Crippen LogP contribution in [0.3, 0.4) is 0 Å². The highest BCUT2D eigenvalue weighted by Crippen LogP contribution is 2.39. The van der Waals surface area contributed by atoms with Crippen LogP contribution in [-0.2, 0) is 11.3 Å². The van der Waals surface area contributed by atoms with Gasteiger partial charge in [0.25, 0.3) is 0 Å². The first-order valence-corrected chi connectivity index (χ1v) is 11.1. The van der Waals surface area contributed by atoms with Crippen LogP contribution in [0.5, 0.6) is 0 Å². The first kappa shape index (κ1) is 25.2. The summed E-state index contributed by atoms with van der Waals surface area (Å²) in [5, 5.41) is 5.88. The van der Waals surface area contributed by atoms with Gasteiger partial charge in [-0.1, -0.05) is 12.1 Å². The average molecular weight is 475 g/mol. The van der Waals surface area contributed by atoms with Crippen molar-refractivity contribution in [3.8, 4) is 11.3 Å². The summed E-state index contributed by atoms with van der Waals surface area (Å²) in [6.45, 7) is 2.26. The Kier molecular flexibility index (Phi) is 8.25. The van der Waals surface area contributed by atoms with Crippen LogP contribution < -0.4 is 16.4 Å². The van der Waals surface area contributed by atoms with E-state index in [0.717, 1.165) is 16.7 Å². The number of allylic oxidation sites excluding steroid dienone is 1. The lowest BCUT2D eigenvalue weighted by molar-refractivity contribution is -0.184. The minimum atomic E-state index is -4.17. The van der Waals surface area contributed by atoms with Crippen LogP contribution in [0.25, 0.3) is 11.3 Å². The molecule has 0 aliphatic heterocycles. The molecule has 1 aromatic heterocycles. The van der Waals surface area contributed by atoms with Gasteiger partial charge in [0.05, 0.1) is 17.3 Å². The van der Waals surface area contributed by atoms with Gasteiger partial charge in [-0.15, -0.1) is 0 Å². The minimum absolute atomic E-state index is 0.0128. The second kappa shape index (κ2) is 11.1. The lowest BCUT2D eigenvalue weighted by atomic mass is 9.81. The molecule has 34 heavy (non-hydrogen) atoms. The number of nitrogens with zero attached hydrogens (tertiary/aromatic N) is 3. The van der Waals surface area contributed by atoms with Crippen molar-refractivity contribution in [1.29, 1.82) is 0 Å². The number of nitrogens with two attached hydrogens (primary N) is 1. The Bertz CT molecular complexity index is 1060. The highest BCUT2D eigenvalue weighted by Gasteiger charge is 2.42. The second-order valence-electron chi connectivity index (χ2n) is 8.35. The van der Waals surface area contributed by atoms with E-state index in [1.54, 1.807) is 25.5 Å². The van der Waals surface area contributed by atoms with Crippen molar-refractivity contribution < 1.29 is 18.0 Å². The highest BCUT2D eigenvalue weighted by atomic mass is 19.4. The SMILES string of the molecule is CN=CC(=CN)Nc1nccc(-c2ccc(CNC(=O)C3CCC(C(F)(F)F)CC3)c(C)c2)n1. The number of carbonyl (C=O) groups excluding carboxylic acids is 1. The van der Waals surface area contributed by atoms with Crippen molar-refractivity contribution >= 4 is 18.1 Å². The number of aryl methyl sites for hydroxylation is 1. The third kappa shape index (κ3) is 6.55. The maximum Gasteiger partial charge on any atom is 0.391 e. The zero-order chi connectivity index (χ0) is 24.7. The molecule has 0 atom stereocenters. The lowest BCUT2D eigenvalue weighted by Gasteiger charge is -2.29. The molecule has 182 valence electrons. The monoisotopic (exact) mass is 474 g/mol. The molecular weight excluding hydrogens is 445 g/mol. The molecule has 1 aromatic carbocycles. The topological polar surface area (TPSA) is 105 Å². The quantitative estimate of drug-likeness (QED) is 0.518. The number of halogens is 3. The summed E-state index contributed by atoms with van der Waals surface area (Å²) < 4.78 is 38.5. The molecule has 1 fully saturated rings. The fourth-order valence-corrected chi connectivity index (χ4v) is 4.03. The zero-order valence-corrected chi connectivity index (χ0v) is 19.2. The minimum Gasteiger partial charge on any atom is -0.403 e. The van der Waals surface area contributed by atoms with Crippen molar-refractivity contribution in [3.05, 3.63) is 53.5 Å². The van der Waals surface area contributed by atoms with Gasteiger partial charge in [-0.3, -0.25) is 9.79 Å². The van der Waals surface area contributed by atoms with Gasteiger partial charge >= 0.3 is 6.18 Å². The van der Waals surface area contributed by atoms with Crippen molar-refractivity contribution in [1.82, 2.24) is 15.3 Å². The van der Waals surface area contributed by atoms with E-state index in [2.05, 4.69) is 25.6 Å². The van der Waals surface area contributed by atoms with Crippen molar-refractivity contribution in [2.75, 3.05) is 12.4 Å². The molecule has 0 radical (unpaired) electrons. The molecule has 1 saturated carbocycles.